The molecule has 0 fully saturated rings. The normalized spacial score (nSPS) is 11.4. The van der Waals surface area contributed by atoms with Crippen LogP contribution in [0.25, 0.3) is 5.57 Å². The molecule has 0 spiro atoms. The van der Waals surface area contributed by atoms with Gasteiger partial charge in [-0.2, -0.15) is 0 Å². The van der Waals surface area contributed by atoms with Gasteiger partial charge < -0.3 is 9.84 Å². The first-order valence-electron chi connectivity index (χ1n) is 5.02. The molecule has 0 saturated heterocycles. The predicted molar refractivity (Wildman–Crippen MR) is 63.8 cm³/mol. The number of ether oxygens (including phenoxy) is 1. The summed E-state index contributed by atoms with van der Waals surface area (Å²) in [5.41, 5.74) is 3.77. The van der Waals surface area contributed by atoms with Gasteiger partial charge in [-0.05, 0) is 55.2 Å². The van der Waals surface area contributed by atoms with Crippen LogP contribution >= 0.6 is 0 Å². The minimum Gasteiger partial charge on any atom is -0.497 e. The first-order chi connectivity index (χ1) is 7.45. The monoisotopic (exact) mass is 220 g/mol. The molecule has 0 aliphatic rings. The standard InChI is InChI=1S/C13H16O3/c1-8-5-11(16-4)6-9(2)13(8)10(3)7-12(14)15/h5-7H,1-4H3,(H,14,15)/b10-7+. The van der Waals surface area contributed by atoms with Gasteiger partial charge in [-0.1, -0.05) is 0 Å². The lowest BCUT2D eigenvalue weighted by Gasteiger charge is -2.12. The van der Waals surface area contributed by atoms with Gasteiger partial charge >= 0.3 is 5.97 Å². The van der Waals surface area contributed by atoms with Crippen molar-refractivity contribution in [2.75, 3.05) is 7.11 Å². The molecule has 1 N–H and O–H groups in total. The van der Waals surface area contributed by atoms with Gasteiger partial charge in [-0.25, -0.2) is 4.79 Å². The van der Waals surface area contributed by atoms with Crippen LogP contribution in [0.5, 0.6) is 5.75 Å². The van der Waals surface area contributed by atoms with Crippen molar-refractivity contribution in [2.24, 2.45) is 0 Å². The van der Waals surface area contributed by atoms with Crippen molar-refractivity contribution in [3.05, 3.63) is 34.9 Å². The molecule has 86 valence electrons. The van der Waals surface area contributed by atoms with Crippen molar-refractivity contribution >= 4 is 11.5 Å². The zero-order valence-electron chi connectivity index (χ0n) is 10.00. The first-order valence-corrected chi connectivity index (χ1v) is 5.02. The molecule has 0 aliphatic carbocycles. The number of aliphatic carboxylic acids is 1. The fraction of sp³-hybridized carbons (Fsp3) is 0.308. The highest BCUT2D eigenvalue weighted by Crippen LogP contribution is 2.27. The number of carboxylic acids is 1. The Morgan fingerprint density at radius 1 is 1.31 bits per heavy atom. The van der Waals surface area contributed by atoms with Crippen LogP contribution in [-0.2, 0) is 4.79 Å². The average molecular weight is 220 g/mol. The quantitative estimate of drug-likeness (QED) is 0.797. The number of hydrogen-bond donors (Lipinski definition) is 1. The van der Waals surface area contributed by atoms with E-state index in [-0.39, 0.29) is 0 Å². The van der Waals surface area contributed by atoms with E-state index in [0.29, 0.717) is 0 Å². The molecule has 1 rings (SSSR count). The van der Waals surface area contributed by atoms with E-state index in [4.69, 9.17) is 9.84 Å². The molecule has 0 atom stereocenters. The summed E-state index contributed by atoms with van der Waals surface area (Å²) in [5, 5.41) is 8.73. The summed E-state index contributed by atoms with van der Waals surface area (Å²) >= 11 is 0. The van der Waals surface area contributed by atoms with Crippen LogP contribution in [-0.4, -0.2) is 18.2 Å². The molecule has 0 unspecified atom stereocenters. The van der Waals surface area contributed by atoms with Crippen molar-refractivity contribution < 1.29 is 14.6 Å². The fourth-order valence-electron chi connectivity index (χ4n) is 1.92. The number of carboxylic acid groups (broad SMARTS) is 1. The van der Waals surface area contributed by atoms with E-state index >= 15 is 0 Å². The SMILES string of the molecule is COc1cc(C)c(/C(C)=C/C(=O)O)c(C)c1. The van der Waals surface area contributed by atoms with Gasteiger partial charge in [0.05, 0.1) is 7.11 Å². The lowest BCUT2D eigenvalue weighted by molar-refractivity contribution is -0.131. The third kappa shape index (κ3) is 2.63. The second kappa shape index (κ2) is 4.84. The second-order valence-corrected chi connectivity index (χ2v) is 3.80. The highest BCUT2D eigenvalue weighted by molar-refractivity contribution is 5.90. The average Bonchev–Trinajstić information content (AvgIpc) is 2.15. The Labute approximate surface area is 95.4 Å². The summed E-state index contributed by atoms with van der Waals surface area (Å²) in [6, 6.07) is 3.81. The summed E-state index contributed by atoms with van der Waals surface area (Å²) in [4.78, 5) is 10.6. The van der Waals surface area contributed by atoms with Crippen molar-refractivity contribution in [1.29, 1.82) is 0 Å². The highest BCUT2D eigenvalue weighted by Gasteiger charge is 2.08. The maximum atomic E-state index is 10.6. The van der Waals surface area contributed by atoms with Crippen LogP contribution in [0.4, 0.5) is 0 Å². The Kier molecular flexibility index (Phi) is 3.72. The third-order valence-corrected chi connectivity index (χ3v) is 2.48. The summed E-state index contributed by atoms with van der Waals surface area (Å²) in [6.07, 6.45) is 1.22. The number of allylic oxidation sites excluding steroid dienone is 1. The molecule has 0 aliphatic heterocycles. The number of methoxy groups -OCH3 is 1. The highest BCUT2D eigenvalue weighted by atomic mass is 16.5. The van der Waals surface area contributed by atoms with E-state index in [1.165, 1.54) is 6.08 Å². The van der Waals surface area contributed by atoms with Crippen molar-refractivity contribution in [1.82, 2.24) is 0 Å². The maximum Gasteiger partial charge on any atom is 0.328 e. The molecule has 0 aromatic heterocycles. The minimum absolute atomic E-state index is 0.755. The van der Waals surface area contributed by atoms with Gasteiger partial charge in [0.2, 0.25) is 0 Å². The summed E-state index contributed by atoms with van der Waals surface area (Å²) < 4.78 is 5.16. The number of hydrogen-bond acceptors (Lipinski definition) is 2. The van der Waals surface area contributed by atoms with E-state index in [1.54, 1.807) is 14.0 Å². The van der Waals surface area contributed by atoms with Gasteiger partial charge in [0.25, 0.3) is 0 Å². The summed E-state index contributed by atoms with van der Waals surface area (Å²) in [7, 11) is 1.62. The Balaban J connectivity index is 3.30. The number of rotatable bonds is 3. The van der Waals surface area contributed by atoms with Gasteiger partial charge in [-0.3, -0.25) is 0 Å². The van der Waals surface area contributed by atoms with Crippen LogP contribution in [0, 0.1) is 13.8 Å². The lowest BCUT2D eigenvalue weighted by Crippen LogP contribution is -1.96. The number of benzene rings is 1. The zero-order valence-corrected chi connectivity index (χ0v) is 10.00. The summed E-state index contributed by atoms with van der Waals surface area (Å²) in [5.74, 6) is -0.131. The Morgan fingerprint density at radius 2 is 1.81 bits per heavy atom. The molecule has 3 heteroatoms. The zero-order chi connectivity index (χ0) is 12.3. The second-order valence-electron chi connectivity index (χ2n) is 3.80. The molecule has 0 bridgehead atoms. The molecule has 0 heterocycles. The molecule has 0 saturated carbocycles. The third-order valence-electron chi connectivity index (χ3n) is 2.48. The topological polar surface area (TPSA) is 46.5 Å². The Bertz CT molecular complexity index is 421. The first kappa shape index (κ1) is 12.3. The Morgan fingerprint density at radius 3 is 2.19 bits per heavy atom. The van der Waals surface area contributed by atoms with Crippen LogP contribution in [0.15, 0.2) is 18.2 Å². The molecular weight excluding hydrogens is 204 g/mol. The molecule has 1 aromatic rings. The van der Waals surface area contributed by atoms with Crippen LogP contribution in [0.1, 0.15) is 23.6 Å². The molecule has 3 nitrogen and oxygen atoms in total. The Hall–Kier alpha value is -1.77. The van der Waals surface area contributed by atoms with Gasteiger partial charge in [0.15, 0.2) is 0 Å². The van der Waals surface area contributed by atoms with Gasteiger partial charge in [-0.15, -0.1) is 0 Å². The summed E-state index contributed by atoms with van der Waals surface area (Å²) in [6.45, 7) is 5.70. The smallest absolute Gasteiger partial charge is 0.328 e. The van der Waals surface area contributed by atoms with Gasteiger partial charge in [0.1, 0.15) is 5.75 Å². The number of carbonyl (C=O) groups is 1. The lowest BCUT2D eigenvalue weighted by atomic mass is 9.96. The minimum atomic E-state index is -0.924. The van der Waals surface area contributed by atoms with E-state index in [2.05, 4.69) is 0 Å². The predicted octanol–water partition coefficient (Wildman–Crippen LogP) is 2.80. The van der Waals surface area contributed by atoms with E-state index in [0.717, 1.165) is 28.0 Å². The van der Waals surface area contributed by atoms with Crippen LogP contribution in [0.2, 0.25) is 0 Å². The van der Waals surface area contributed by atoms with Crippen LogP contribution in [0.3, 0.4) is 0 Å². The molecule has 16 heavy (non-hydrogen) atoms. The maximum absolute atomic E-state index is 10.6. The van der Waals surface area contributed by atoms with E-state index < -0.39 is 5.97 Å². The number of aryl methyl sites for hydroxylation is 2. The van der Waals surface area contributed by atoms with E-state index in [9.17, 15) is 4.79 Å². The molecular formula is C13H16O3. The molecule has 0 radical (unpaired) electrons. The fourth-order valence-corrected chi connectivity index (χ4v) is 1.92. The van der Waals surface area contributed by atoms with Crippen molar-refractivity contribution in [3.8, 4) is 5.75 Å². The largest absolute Gasteiger partial charge is 0.497 e. The van der Waals surface area contributed by atoms with Crippen LogP contribution < -0.4 is 4.74 Å². The van der Waals surface area contributed by atoms with Crippen molar-refractivity contribution in [3.63, 3.8) is 0 Å². The molecule has 1 aromatic carbocycles. The van der Waals surface area contributed by atoms with Crippen molar-refractivity contribution in [2.45, 2.75) is 20.8 Å². The van der Waals surface area contributed by atoms with E-state index in [1.807, 2.05) is 26.0 Å². The molecule has 0 amide bonds. The van der Waals surface area contributed by atoms with Gasteiger partial charge in [0, 0.05) is 6.08 Å².